The van der Waals surface area contributed by atoms with Crippen molar-refractivity contribution < 1.29 is 22.6 Å². The molecule has 0 aliphatic carbocycles. The van der Waals surface area contributed by atoms with E-state index < -0.39 is 10.0 Å². The Morgan fingerprint density at radius 1 is 1.08 bits per heavy atom. The molecule has 1 aliphatic rings. The van der Waals surface area contributed by atoms with Gasteiger partial charge in [-0.1, -0.05) is 12.1 Å². The van der Waals surface area contributed by atoms with Crippen molar-refractivity contribution in [1.29, 1.82) is 0 Å². The van der Waals surface area contributed by atoms with Gasteiger partial charge in [-0.25, -0.2) is 13.4 Å². The summed E-state index contributed by atoms with van der Waals surface area (Å²) in [5, 5.41) is 0. The number of aromatic nitrogens is 2. The van der Waals surface area contributed by atoms with Gasteiger partial charge in [-0.15, -0.1) is 0 Å². The van der Waals surface area contributed by atoms with E-state index in [0.717, 1.165) is 0 Å². The first-order chi connectivity index (χ1) is 12.5. The van der Waals surface area contributed by atoms with Gasteiger partial charge >= 0.3 is 6.01 Å². The summed E-state index contributed by atoms with van der Waals surface area (Å²) in [6.07, 6.45) is 2.59. The van der Waals surface area contributed by atoms with Crippen molar-refractivity contribution in [3.8, 4) is 17.6 Å². The summed E-state index contributed by atoms with van der Waals surface area (Å²) < 4.78 is 43.2. The highest BCUT2D eigenvalue weighted by molar-refractivity contribution is 7.89. The Balaban J connectivity index is 1.66. The highest BCUT2D eigenvalue weighted by atomic mass is 32.2. The lowest BCUT2D eigenvalue weighted by atomic mass is 10.1. The number of rotatable bonds is 6. The fraction of sp³-hybridized carbons (Fsp3) is 0.412. The van der Waals surface area contributed by atoms with E-state index in [1.165, 1.54) is 18.5 Å². The second-order valence-electron chi connectivity index (χ2n) is 5.75. The van der Waals surface area contributed by atoms with Crippen LogP contribution in [-0.2, 0) is 10.0 Å². The first-order valence-electron chi connectivity index (χ1n) is 8.21. The van der Waals surface area contributed by atoms with Gasteiger partial charge in [0.25, 0.3) is 0 Å². The third-order valence-corrected chi connectivity index (χ3v) is 6.10. The topological polar surface area (TPSA) is 90.9 Å². The van der Waals surface area contributed by atoms with Gasteiger partial charge in [0.2, 0.25) is 15.9 Å². The molecule has 2 heterocycles. The second-order valence-corrected chi connectivity index (χ2v) is 7.66. The molecule has 8 nitrogen and oxygen atoms in total. The van der Waals surface area contributed by atoms with Gasteiger partial charge in [0.15, 0.2) is 0 Å². The molecule has 1 saturated heterocycles. The minimum Gasteiger partial charge on any atom is -0.495 e. The average molecular weight is 379 g/mol. The molecular weight excluding hydrogens is 358 g/mol. The van der Waals surface area contributed by atoms with Crippen LogP contribution >= 0.6 is 0 Å². The molecule has 9 heteroatoms. The molecule has 140 valence electrons. The molecule has 2 aromatic rings. The molecule has 0 spiro atoms. The molecule has 0 unspecified atom stereocenters. The van der Waals surface area contributed by atoms with Crippen LogP contribution < -0.4 is 14.2 Å². The number of piperidine rings is 1. The SMILES string of the molecule is COc1nccc(OC2CCN(S(=O)(=O)c3ccccc3OC)CC2)n1. The number of para-hydroxylation sites is 1. The number of hydrogen-bond donors (Lipinski definition) is 0. The molecule has 0 N–H and O–H groups in total. The Morgan fingerprint density at radius 3 is 2.50 bits per heavy atom. The molecule has 1 aromatic carbocycles. The van der Waals surface area contributed by atoms with Crippen LogP contribution in [0.4, 0.5) is 0 Å². The zero-order valence-corrected chi connectivity index (χ0v) is 15.5. The normalized spacial score (nSPS) is 16.2. The summed E-state index contributed by atoms with van der Waals surface area (Å²) in [4.78, 5) is 8.23. The van der Waals surface area contributed by atoms with Crippen molar-refractivity contribution in [1.82, 2.24) is 14.3 Å². The largest absolute Gasteiger partial charge is 0.495 e. The maximum Gasteiger partial charge on any atom is 0.319 e. The van der Waals surface area contributed by atoms with E-state index in [2.05, 4.69) is 9.97 Å². The Labute approximate surface area is 152 Å². The maximum atomic E-state index is 12.9. The smallest absolute Gasteiger partial charge is 0.319 e. The Kier molecular flexibility index (Phi) is 5.58. The lowest BCUT2D eigenvalue weighted by Gasteiger charge is -2.31. The minimum absolute atomic E-state index is 0.112. The summed E-state index contributed by atoms with van der Waals surface area (Å²) in [5.41, 5.74) is 0. The predicted molar refractivity (Wildman–Crippen MR) is 94.0 cm³/mol. The summed E-state index contributed by atoms with van der Waals surface area (Å²) in [7, 11) is -0.655. The van der Waals surface area contributed by atoms with Crippen molar-refractivity contribution in [3.63, 3.8) is 0 Å². The Hall–Kier alpha value is -2.39. The second kappa shape index (κ2) is 7.88. The molecule has 1 aliphatic heterocycles. The van der Waals surface area contributed by atoms with Crippen molar-refractivity contribution in [3.05, 3.63) is 36.5 Å². The first kappa shape index (κ1) is 18.4. The quantitative estimate of drug-likeness (QED) is 0.755. The first-order valence-corrected chi connectivity index (χ1v) is 9.65. The predicted octanol–water partition coefficient (Wildman–Crippen LogP) is 1.73. The minimum atomic E-state index is -3.60. The standard InChI is InChI=1S/C17H21N3O5S/c1-23-14-5-3-4-6-15(14)26(21,22)20-11-8-13(9-12-20)25-16-7-10-18-17(19-16)24-2/h3-7,10,13H,8-9,11-12H2,1-2H3. The highest BCUT2D eigenvalue weighted by Crippen LogP contribution is 2.29. The molecule has 0 atom stereocenters. The lowest BCUT2D eigenvalue weighted by molar-refractivity contribution is 0.128. The van der Waals surface area contributed by atoms with E-state index in [0.29, 0.717) is 37.6 Å². The third-order valence-electron chi connectivity index (χ3n) is 4.17. The van der Waals surface area contributed by atoms with Gasteiger partial charge in [-0.3, -0.25) is 0 Å². The van der Waals surface area contributed by atoms with E-state index in [-0.39, 0.29) is 17.0 Å². The van der Waals surface area contributed by atoms with Gasteiger partial charge in [0.05, 0.1) is 14.2 Å². The van der Waals surface area contributed by atoms with Crippen molar-refractivity contribution in [2.75, 3.05) is 27.3 Å². The van der Waals surface area contributed by atoms with Gasteiger partial charge in [-0.2, -0.15) is 9.29 Å². The molecular formula is C17H21N3O5S. The van der Waals surface area contributed by atoms with E-state index in [9.17, 15) is 8.42 Å². The Bertz CT molecular complexity index is 851. The van der Waals surface area contributed by atoms with Crippen molar-refractivity contribution in [2.24, 2.45) is 0 Å². The van der Waals surface area contributed by atoms with Crippen molar-refractivity contribution >= 4 is 10.0 Å². The summed E-state index contributed by atoms with van der Waals surface area (Å²) in [5.74, 6) is 0.766. The van der Waals surface area contributed by atoms with Crippen LogP contribution in [0.15, 0.2) is 41.4 Å². The zero-order chi connectivity index (χ0) is 18.6. The van der Waals surface area contributed by atoms with E-state index in [4.69, 9.17) is 14.2 Å². The molecule has 1 aromatic heterocycles. The molecule has 0 bridgehead atoms. The van der Waals surface area contributed by atoms with Crippen LogP contribution in [0.2, 0.25) is 0 Å². The van der Waals surface area contributed by atoms with Gasteiger partial charge in [0.1, 0.15) is 16.7 Å². The fourth-order valence-electron chi connectivity index (χ4n) is 2.82. The van der Waals surface area contributed by atoms with E-state index in [1.54, 1.807) is 36.5 Å². The van der Waals surface area contributed by atoms with Crippen LogP contribution in [0.1, 0.15) is 12.8 Å². The number of sulfonamides is 1. The Morgan fingerprint density at radius 2 is 1.81 bits per heavy atom. The summed E-state index contributed by atoms with van der Waals surface area (Å²) >= 11 is 0. The summed E-state index contributed by atoms with van der Waals surface area (Å²) in [6.45, 7) is 0.737. The molecule has 1 fully saturated rings. The molecule has 0 saturated carbocycles. The van der Waals surface area contributed by atoms with E-state index >= 15 is 0 Å². The maximum absolute atomic E-state index is 12.9. The average Bonchev–Trinajstić information content (AvgIpc) is 2.68. The molecule has 26 heavy (non-hydrogen) atoms. The molecule has 0 radical (unpaired) electrons. The van der Waals surface area contributed by atoms with Crippen LogP contribution in [0.3, 0.4) is 0 Å². The number of methoxy groups -OCH3 is 2. The fourth-order valence-corrected chi connectivity index (χ4v) is 4.45. The number of hydrogen-bond acceptors (Lipinski definition) is 7. The van der Waals surface area contributed by atoms with Crippen molar-refractivity contribution in [2.45, 2.75) is 23.8 Å². The molecule has 0 amide bonds. The van der Waals surface area contributed by atoms with Crippen LogP contribution in [-0.4, -0.2) is 56.1 Å². The van der Waals surface area contributed by atoms with Gasteiger partial charge < -0.3 is 14.2 Å². The van der Waals surface area contributed by atoms with E-state index in [1.807, 2.05) is 0 Å². The zero-order valence-electron chi connectivity index (χ0n) is 14.7. The van der Waals surface area contributed by atoms with Crippen LogP contribution in [0, 0.1) is 0 Å². The third kappa shape index (κ3) is 3.88. The monoisotopic (exact) mass is 379 g/mol. The summed E-state index contributed by atoms with van der Waals surface area (Å²) in [6, 6.07) is 8.52. The lowest BCUT2D eigenvalue weighted by Crippen LogP contribution is -2.41. The molecule has 3 rings (SSSR count). The number of ether oxygens (including phenoxy) is 3. The van der Waals surface area contributed by atoms with Gasteiger partial charge in [0, 0.05) is 25.4 Å². The number of nitrogens with zero attached hydrogens (tertiary/aromatic N) is 3. The van der Waals surface area contributed by atoms with Crippen LogP contribution in [0.25, 0.3) is 0 Å². The number of benzene rings is 1. The van der Waals surface area contributed by atoms with Crippen LogP contribution in [0.5, 0.6) is 17.6 Å². The highest BCUT2D eigenvalue weighted by Gasteiger charge is 2.32. The van der Waals surface area contributed by atoms with Gasteiger partial charge in [-0.05, 0) is 25.0 Å².